The summed E-state index contributed by atoms with van der Waals surface area (Å²) in [6, 6.07) is 5.70. The number of rotatable bonds is 2. The van der Waals surface area contributed by atoms with Gasteiger partial charge in [0.1, 0.15) is 0 Å². The zero-order valence-electron chi connectivity index (χ0n) is 11.4. The van der Waals surface area contributed by atoms with Gasteiger partial charge in [-0.2, -0.15) is 0 Å². The molecule has 104 valence electrons. The van der Waals surface area contributed by atoms with Gasteiger partial charge < -0.3 is 10.0 Å². The number of aryl methyl sites for hydroxylation is 1. The second-order valence-electron chi connectivity index (χ2n) is 5.42. The van der Waals surface area contributed by atoms with Gasteiger partial charge in [0.15, 0.2) is 0 Å². The topological polar surface area (TPSA) is 40.5 Å². The average Bonchev–Trinajstić information content (AvgIpc) is 2.38. The van der Waals surface area contributed by atoms with E-state index in [-0.39, 0.29) is 24.5 Å². The molecule has 1 saturated heterocycles. The highest BCUT2D eigenvalue weighted by Crippen LogP contribution is 2.26. The molecule has 2 atom stereocenters. The minimum atomic E-state index is -0.0318. The Morgan fingerprint density at radius 1 is 1.47 bits per heavy atom. The van der Waals surface area contributed by atoms with Crippen molar-refractivity contribution in [2.24, 2.45) is 5.92 Å². The Hall–Kier alpha value is -1.06. The number of aliphatic hydroxyl groups excluding tert-OH is 1. The van der Waals surface area contributed by atoms with Gasteiger partial charge in [-0.3, -0.25) is 4.79 Å². The van der Waals surface area contributed by atoms with Crippen LogP contribution < -0.4 is 0 Å². The lowest BCUT2D eigenvalue weighted by Gasteiger charge is -2.37. The summed E-state index contributed by atoms with van der Waals surface area (Å²) in [5.74, 6) is 0.153. The number of nitrogens with zero attached hydrogens (tertiary/aromatic N) is 1. The normalized spacial score (nSPS) is 23.5. The molecule has 0 aromatic heterocycles. The number of benzene rings is 1. The predicted molar refractivity (Wildman–Crippen MR) is 76.5 cm³/mol. The standard InChI is InChI=1S/C15H20ClNO2/c1-10-3-6-13(14(16)7-10)15(19)17-8-12(9-18)5-4-11(17)2/h3,6-7,11-12,18H,4-5,8-9H2,1-2H3. The van der Waals surface area contributed by atoms with Crippen LogP contribution in [0.3, 0.4) is 0 Å². The summed E-state index contributed by atoms with van der Waals surface area (Å²) >= 11 is 6.16. The second kappa shape index (κ2) is 5.93. The summed E-state index contributed by atoms with van der Waals surface area (Å²) < 4.78 is 0. The van der Waals surface area contributed by atoms with Crippen molar-refractivity contribution < 1.29 is 9.90 Å². The van der Waals surface area contributed by atoms with Gasteiger partial charge in [-0.05, 0) is 50.3 Å². The van der Waals surface area contributed by atoms with Crippen LogP contribution in [0.15, 0.2) is 18.2 Å². The van der Waals surface area contributed by atoms with Gasteiger partial charge in [-0.1, -0.05) is 17.7 Å². The fourth-order valence-electron chi connectivity index (χ4n) is 2.56. The highest BCUT2D eigenvalue weighted by atomic mass is 35.5. The number of hydrogen-bond acceptors (Lipinski definition) is 2. The highest BCUT2D eigenvalue weighted by molar-refractivity contribution is 6.33. The number of piperidine rings is 1. The molecule has 1 heterocycles. The molecule has 1 N–H and O–H groups in total. The van der Waals surface area contributed by atoms with Crippen molar-refractivity contribution in [2.45, 2.75) is 32.7 Å². The molecule has 19 heavy (non-hydrogen) atoms. The van der Waals surface area contributed by atoms with Crippen LogP contribution in [0, 0.1) is 12.8 Å². The molecule has 0 spiro atoms. The molecule has 3 nitrogen and oxygen atoms in total. The maximum absolute atomic E-state index is 12.6. The van der Waals surface area contributed by atoms with E-state index in [1.807, 2.05) is 30.9 Å². The van der Waals surface area contributed by atoms with Crippen LogP contribution in [-0.2, 0) is 0 Å². The number of hydrogen-bond donors (Lipinski definition) is 1. The monoisotopic (exact) mass is 281 g/mol. The van der Waals surface area contributed by atoms with E-state index in [0.717, 1.165) is 18.4 Å². The van der Waals surface area contributed by atoms with Gasteiger partial charge in [-0.15, -0.1) is 0 Å². The molecule has 0 bridgehead atoms. The first-order valence-electron chi connectivity index (χ1n) is 6.71. The van der Waals surface area contributed by atoms with Gasteiger partial charge in [-0.25, -0.2) is 0 Å². The Balaban J connectivity index is 2.22. The molecule has 1 aliphatic heterocycles. The van der Waals surface area contributed by atoms with Crippen molar-refractivity contribution in [3.63, 3.8) is 0 Å². The molecular weight excluding hydrogens is 262 g/mol. The SMILES string of the molecule is Cc1ccc(C(=O)N2CC(CO)CCC2C)c(Cl)c1. The molecule has 0 radical (unpaired) electrons. The van der Waals surface area contributed by atoms with Crippen LogP contribution >= 0.6 is 11.6 Å². The molecule has 1 fully saturated rings. The number of halogens is 1. The van der Waals surface area contributed by atoms with Crippen LogP contribution in [0.4, 0.5) is 0 Å². The zero-order valence-corrected chi connectivity index (χ0v) is 12.2. The summed E-state index contributed by atoms with van der Waals surface area (Å²) in [6.45, 7) is 4.75. The third-order valence-electron chi connectivity index (χ3n) is 3.85. The van der Waals surface area contributed by atoms with Crippen LogP contribution in [-0.4, -0.2) is 35.1 Å². The van der Waals surface area contributed by atoms with Crippen molar-refractivity contribution in [3.8, 4) is 0 Å². The van der Waals surface area contributed by atoms with Crippen LogP contribution in [0.2, 0.25) is 5.02 Å². The summed E-state index contributed by atoms with van der Waals surface area (Å²) in [7, 11) is 0. The van der Waals surface area contributed by atoms with Gasteiger partial charge in [0.2, 0.25) is 0 Å². The molecular formula is C15H20ClNO2. The van der Waals surface area contributed by atoms with Crippen molar-refractivity contribution in [1.29, 1.82) is 0 Å². The molecule has 2 rings (SSSR count). The number of carbonyl (C=O) groups is 1. The van der Waals surface area contributed by atoms with Crippen LogP contribution in [0.5, 0.6) is 0 Å². The molecule has 1 aromatic carbocycles. The molecule has 1 aliphatic rings. The van der Waals surface area contributed by atoms with E-state index in [0.29, 0.717) is 17.1 Å². The second-order valence-corrected chi connectivity index (χ2v) is 5.82. The fourth-order valence-corrected chi connectivity index (χ4v) is 2.88. The smallest absolute Gasteiger partial charge is 0.255 e. The molecule has 0 saturated carbocycles. The number of amides is 1. The first-order valence-corrected chi connectivity index (χ1v) is 7.08. The third-order valence-corrected chi connectivity index (χ3v) is 4.17. The molecule has 1 aromatic rings. The van der Waals surface area contributed by atoms with Crippen molar-refractivity contribution >= 4 is 17.5 Å². The number of aliphatic hydroxyl groups is 1. The summed E-state index contributed by atoms with van der Waals surface area (Å²) in [4.78, 5) is 14.4. The lowest BCUT2D eigenvalue weighted by molar-refractivity contribution is 0.0489. The van der Waals surface area contributed by atoms with E-state index < -0.39 is 0 Å². The van der Waals surface area contributed by atoms with E-state index in [2.05, 4.69) is 0 Å². The Kier molecular flexibility index (Phi) is 4.48. The third kappa shape index (κ3) is 3.10. The van der Waals surface area contributed by atoms with E-state index in [1.165, 1.54) is 0 Å². The first-order chi connectivity index (χ1) is 9.02. The molecule has 0 aliphatic carbocycles. The van der Waals surface area contributed by atoms with E-state index in [4.69, 9.17) is 11.6 Å². The van der Waals surface area contributed by atoms with Gasteiger partial charge in [0.25, 0.3) is 5.91 Å². The lowest BCUT2D eigenvalue weighted by Crippen LogP contribution is -2.46. The van der Waals surface area contributed by atoms with E-state index in [1.54, 1.807) is 6.07 Å². The summed E-state index contributed by atoms with van der Waals surface area (Å²) in [5, 5.41) is 9.78. The highest BCUT2D eigenvalue weighted by Gasteiger charge is 2.30. The zero-order chi connectivity index (χ0) is 14.0. The Morgan fingerprint density at radius 3 is 2.84 bits per heavy atom. The van der Waals surface area contributed by atoms with Crippen molar-refractivity contribution in [3.05, 3.63) is 34.3 Å². The number of carbonyl (C=O) groups excluding carboxylic acids is 1. The summed E-state index contributed by atoms with van der Waals surface area (Å²) in [5.41, 5.74) is 1.60. The maximum Gasteiger partial charge on any atom is 0.255 e. The van der Waals surface area contributed by atoms with Gasteiger partial charge in [0, 0.05) is 19.2 Å². The predicted octanol–water partition coefficient (Wildman–Crippen LogP) is 2.88. The quantitative estimate of drug-likeness (QED) is 0.905. The van der Waals surface area contributed by atoms with Crippen LogP contribution in [0.1, 0.15) is 35.7 Å². The largest absolute Gasteiger partial charge is 0.396 e. The Bertz CT molecular complexity index is 475. The van der Waals surface area contributed by atoms with E-state index in [9.17, 15) is 9.90 Å². The average molecular weight is 282 g/mol. The van der Waals surface area contributed by atoms with Crippen LogP contribution in [0.25, 0.3) is 0 Å². The minimum Gasteiger partial charge on any atom is -0.396 e. The maximum atomic E-state index is 12.6. The molecule has 1 amide bonds. The van der Waals surface area contributed by atoms with E-state index >= 15 is 0 Å². The molecule has 2 unspecified atom stereocenters. The van der Waals surface area contributed by atoms with Gasteiger partial charge in [0.05, 0.1) is 10.6 Å². The fraction of sp³-hybridized carbons (Fsp3) is 0.533. The van der Waals surface area contributed by atoms with Gasteiger partial charge >= 0.3 is 0 Å². The minimum absolute atomic E-state index is 0.0318. The van der Waals surface area contributed by atoms with Crippen molar-refractivity contribution in [2.75, 3.05) is 13.2 Å². The summed E-state index contributed by atoms with van der Waals surface area (Å²) in [6.07, 6.45) is 1.91. The number of likely N-dealkylation sites (tertiary alicyclic amines) is 1. The first kappa shape index (κ1) is 14.4. The van der Waals surface area contributed by atoms with Crippen molar-refractivity contribution in [1.82, 2.24) is 4.90 Å². The lowest BCUT2D eigenvalue weighted by atomic mass is 9.93. The Labute approximate surface area is 119 Å². The Morgan fingerprint density at radius 2 is 2.21 bits per heavy atom. The molecule has 4 heteroatoms.